The number of nitrogens with one attached hydrogen (secondary N) is 1. The number of H-pyrrole nitrogens is 1. The van der Waals surface area contributed by atoms with Crippen molar-refractivity contribution in [2.45, 2.75) is 77.5 Å². The average molecular weight is 515 g/mol. The van der Waals surface area contributed by atoms with Crippen LogP contribution in [0.4, 0.5) is 0 Å². The molecule has 9 nitrogen and oxygen atoms in total. The van der Waals surface area contributed by atoms with Crippen LogP contribution in [0.5, 0.6) is 11.5 Å². The van der Waals surface area contributed by atoms with Crippen molar-refractivity contribution in [2.75, 3.05) is 6.79 Å². The topological polar surface area (TPSA) is 98.2 Å². The SMILES string of the molecule is CC[C@H](c1nnnn1C1CCCCC1)N(Cc1ccc2c(c1)OCO2)Cc1cc2ccc(C)cc2[nH]c1=O. The predicted molar refractivity (Wildman–Crippen MR) is 144 cm³/mol. The molecular weight excluding hydrogens is 480 g/mol. The lowest BCUT2D eigenvalue weighted by atomic mass is 9.95. The number of fused-ring (bicyclic) bond motifs is 2. The molecule has 1 N–H and O–H groups in total. The Kier molecular flexibility index (Phi) is 6.84. The number of hydrogen-bond acceptors (Lipinski definition) is 7. The first kappa shape index (κ1) is 24.6. The van der Waals surface area contributed by atoms with Gasteiger partial charge in [0.15, 0.2) is 17.3 Å². The summed E-state index contributed by atoms with van der Waals surface area (Å²) in [6, 6.07) is 14.5. The van der Waals surface area contributed by atoms with Gasteiger partial charge in [-0.1, -0.05) is 44.4 Å². The van der Waals surface area contributed by atoms with E-state index in [0.717, 1.165) is 64.2 Å². The number of tetrazole rings is 1. The molecule has 1 fully saturated rings. The van der Waals surface area contributed by atoms with Crippen molar-refractivity contribution < 1.29 is 9.47 Å². The van der Waals surface area contributed by atoms with Crippen molar-refractivity contribution in [2.24, 2.45) is 0 Å². The van der Waals surface area contributed by atoms with Crippen LogP contribution in [0.1, 0.15) is 80.0 Å². The Morgan fingerprint density at radius 2 is 1.89 bits per heavy atom. The molecule has 2 aliphatic rings. The molecule has 0 radical (unpaired) electrons. The number of aromatic amines is 1. The van der Waals surface area contributed by atoms with Crippen molar-refractivity contribution in [3.63, 3.8) is 0 Å². The van der Waals surface area contributed by atoms with Crippen molar-refractivity contribution in [1.82, 2.24) is 30.1 Å². The van der Waals surface area contributed by atoms with Crippen LogP contribution in [-0.4, -0.2) is 36.9 Å². The van der Waals surface area contributed by atoms with E-state index in [1.807, 2.05) is 35.9 Å². The second-order valence-electron chi connectivity index (χ2n) is 10.5. The van der Waals surface area contributed by atoms with Gasteiger partial charge in [0.25, 0.3) is 5.56 Å². The third-order valence-electron chi connectivity index (χ3n) is 7.84. The molecule has 3 heterocycles. The standard InChI is InChI=1S/C29H34N6O3/c1-3-25(28-31-32-33-35(28)23-7-5-4-6-8-23)34(16-20-10-12-26-27(14-20)38-18-37-26)17-22-15-21-11-9-19(2)13-24(21)30-29(22)36/h9-15,23,25H,3-8,16-18H2,1-2H3,(H,30,36)/t25-/m1/s1. The predicted octanol–water partition coefficient (Wildman–Crippen LogP) is 5.21. The van der Waals surface area contributed by atoms with Crippen LogP contribution in [0.2, 0.25) is 0 Å². The molecule has 0 saturated heterocycles. The monoisotopic (exact) mass is 514 g/mol. The van der Waals surface area contributed by atoms with E-state index in [4.69, 9.17) is 9.47 Å². The maximum absolute atomic E-state index is 13.2. The van der Waals surface area contributed by atoms with E-state index in [2.05, 4.69) is 50.5 Å². The fourth-order valence-electron chi connectivity index (χ4n) is 5.86. The Bertz CT molecular complexity index is 1490. The van der Waals surface area contributed by atoms with Crippen LogP contribution in [-0.2, 0) is 13.1 Å². The van der Waals surface area contributed by atoms with Gasteiger partial charge < -0.3 is 14.5 Å². The number of benzene rings is 2. The molecule has 38 heavy (non-hydrogen) atoms. The van der Waals surface area contributed by atoms with E-state index in [1.54, 1.807) is 0 Å². The number of rotatable bonds is 8. The van der Waals surface area contributed by atoms with Crippen LogP contribution in [0.3, 0.4) is 0 Å². The molecule has 9 heteroatoms. The third-order valence-corrected chi connectivity index (χ3v) is 7.84. The van der Waals surface area contributed by atoms with Gasteiger partial charge in [-0.2, -0.15) is 0 Å². The number of aryl methyl sites for hydroxylation is 1. The van der Waals surface area contributed by atoms with E-state index in [1.165, 1.54) is 19.3 Å². The highest BCUT2D eigenvalue weighted by molar-refractivity contribution is 5.79. The Balaban J connectivity index is 1.37. The molecule has 1 aliphatic heterocycles. The molecule has 198 valence electrons. The number of hydrogen-bond donors (Lipinski definition) is 1. The minimum Gasteiger partial charge on any atom is -0.454 e. The maximum Gasteiger partial charge on any atom is 0.252 e. The van der Waals surface area contributed by atoms with Crippen LogP contribution in [0.15, 0.2) is 47.3 Å². The van der Waals surface area contributed by atoms with Crippen molar-refractivity contribution >= 4 is 10.9 Å². The third kappa shape index (κ3) is 4.90. The van der Waals surface area contributed by atoms with Gasteiger partial charge in [0.05, 0.1) is 12.1 Å². The number of nitrogens with zero attached hydrogens (tertiary/aromatic N) is 5. The van der Waals surface area contributed by atoms with Gasteiger partial charge in [-0.3, -0.25) is 9.69 Å². The summed E-state index contributed by atoms with van der Waals surface area (Å²) in [6.07, 6.45) is 6.68. The summed E-state index contributed by atoms with van der Waals surface area (Å²) in [7, 11) is 0. The number of ether oxygens (including phenoxy) is 2. The van der Waals surface area contributed by atoms with E-state index in [-0.39, 0.29) is 18.4 Å². The summed E-state index contributed by atoms with van der Waals surface area (Å²) >= 11 is 0. The smallest absolute Gasteiger partial charge is 0.252 e. The highest BCUT2D eigenvalue weighted by Crippen LogP contribution is 2.35. The molecule has 2 aromatic carbocycles. The van der Waals surface area contributed by atoms with E-state index in [0.29, 0.717) is 19.1 Å². The first-order valence-electron chi connectivity index (χ1n) is 13.6. The average Bonchev–Trinajstić information content (AvgIpc) is 3.60. The summed E-state index contributed by atoms with van der Waals surface area (Å²) in [6.45, 7) is 5.50. The minimum atomic E-state index is -0.0690. The Labute approximate surface area is 221 Å². The van der Waals surface area contributed by atoms with Crippen molar-refractivity contribution in [1.29, 1.82) is 0 Å². The van der Waals surface area contributed by atoms with Gasteiger partial charge in [0.1, 0.15) is 0 Å². The van der Waals surface area contributed by atoms with Gasteiger partial charge in [-0.15, -0.1) is 5.10 Å². The summed E-state index contributed by atoms with van der Waals surface area (Å²) in [4.78, 5) is 18.6. The first-order valence-corrected chi connectivity index (χ1v) is 13.6. The second kappa shape index (κ2) is 10.6. The van der Waals surface area contributed by atoms with Crippen LogP contribution in [0.25, 0.3) is 10.9 Å². The molecule has 0 amide bonds. The van der Waals surface area contributed by atoms with E-state index < -0.39 is 0 Å². The van der Waals surface area contributed by atoms with Crippen LogP contribution < -0.4 is 15.0 Å². The zero-order chi connectivity index (χ0) is 26.1. The zero-order valence-electron chi connectivity index (χ0n) is 22.0. The van der Waals surface area contributed by atoms with Gasteiger partial charge in [0.2, 0.25) is 6.79 Å². The lowest BCUT2D eigenvalue weighted by molar-refractivity contribution is 0.155. The van der Waals surface area contributed by atoms with Gasteiger partial charge in [-0.05, 0) is 77.4 Å². The second-order valence-corrected chi connectivity index (χ2v) is 10.5. The highest BCUT2D eigenvalue weighted by atomic mass is 16.7. The fourth-order valence-corrected chi connectivity index (χ4v) is 5.86. The largest absolute Gasteiger partial charge is 0.454 e. The molecule has 1 aliphatic carbocycles. The summed E-state index contributed by atoms with van der Waals surface area (Å²) in [5.41, 5.74) is 3.70. The van der Waals surface area contributed by atoms with E-state index >= 15 is 0 Å². The molecule has 4 aromatic rings. The Morgan fingerprint density at radius 3 is 2.74 bits per heavy atom. The zero-order valence-corrected chi connectivity index (χ0v) is 22.0. The lowest BCUT2D eigenvalue weighted by Crippen LogP contribution is -2.33. The fraction of sp³-hybridized carbons (Fsp3) is 0.448. The molecule has 0 spiro atoms. The first-order chi connectivity index (χ1) is 18.6. The van der Waals surface area contributed by atoms with Crippen LogP contribution >= 0.6 is 0 Å². The van der Waals surface area contributed by atoms with Crippen molar-refractivity contribution in [3.05, 3.63) is 75.3 Å². The van der Waals surface area contributed by atoms with Gasteiger partial charge >= 0.3 is 0 Å². The molecule has 1 saturated carbocycles. The molecular formula is C29H34N6O3. The molecule has 0 bridgehead atoms. The minimum absolute atomic E-state index is 0.0644. The Hall–Kier alpha value is -3.72. The highest BCUT2D eigenvalue weighted by Gasteiger charge is 2.29. The molecule has 2 aromatic heterocycles. The number of pyridine rings is 1. The van der Waals surface area contributed by atoms with E-state index in [9.17, 15) is 4.79 Å². The van der Waals surface area contributed by atoms with Crippen molar-refractivity contribution in [3.8, 4) is 11.5 Å². The van der Waals surface area contributed by atoms with Gasteiger partial charge in [-0.25, -0.2) is 4.68 Å². The summed E-state index contributed by atoms with van der Waals surface area (Å²) in [5, 5.41) is 14.1. The van der Waals surface area contributed by atoms with Gasteiger partial charge in [0, 0.05) is 24.2 Å². The molecule has 0 unspecified atom stereocenters. The quantitative estimate of drug-likeness (QED) is 0.345. The molecule has 1 atom stereocenters. The normalized spacial score (nSPS) is 16.4. The Morgan fingerprint density at radius 1 is 1.05 bits per heavy atom. The summed E-state index contributed by atoms with van der Waals surface area (Å²) < 4.78 is 13.2. The van der Waals surface area contributed by atoms with Crippen LogP contribution in [0, 0.1) is 6.92 Å². The molecule has 6 rings (SSSR count). The maximum atomic E-state index is 13.2. The number of aromatic nitrogens is 5. The lowest BCUT2D eigenvalue weighted by Gasteiger charge is -2.32. The summed E-state index contributed by atoms with van der Waals surface area (Å²) in [5.74, 6) is 2.38.